The van der Waals surface area contributed by atoms with Gasteiger partial charge in [-0.05, 0) is 54.1 Å². The monoisotopic (exact) mass is 435 g/mol. The molecule has 0 radical (unpaired) electrons. The van der Waals surface area contributed by atoms with Crippen molar-refractivity contribution in [1.29, 1.82) is 0 Å². The molecule has 8 heteroatoms. The van der Waals surface area contributed by atoms with Crippen LogP contribution in [0.4, 0.5) is 9.18 Å². The molecule has 29 heavy (non-hydrogen) atoms. The Balaban J connectivity index is 1.84. The van der Waals surface area contributed by atoms with Crippen molar-refractivity contribution in [2.45, 2.75) is 20.0 Å². The van der Waals surface area contributed by atoms with E-state index in [-0.39, 0.29) is 28.3 Å². The van der Waals surface area contributed by atoms with Crippen molar-refractivity contribution in [3.05, 3.63) is 63.3 Å². The van der Waals surface area contributed by atoms with Gasteiger partial charge in [-0.2, -0.15) is 0 Å². The average Bonchev–Trinajstić information content (AvgIpc) is 2.95. The van der Waals surface area contributed by atoms with Crippen molar-refractivity contribution in [2.75, 3.05) is 13.7 Å². The first-order valence-electron chi connectivity index (χ1n) is 8.93. The highest BCUT2D eigenvalue weighted by Gasteiger charge is 2.34. The van der Waals surface area contributed by atoms with E-state index in [0.717, 1.165) is 11.8 Å². The lowest BCUT2D eigenvalue weighted by molar-refractivity contribution is -0.122. The Morgan fingerprint density at radius 3 is 2.69 bits per heavy atom. The molecule has 1 saturated heterocycles. The van der Waals surface area contributed by atoms with E-state index in [2.05, 4.69) is 0 Å². The summed E-state index contributed by atoms with van der Waals surface area (Å²) in [6, 6.07) is 9.51. The predicted octanol–water partition coefficient (Wildman–Crippen LogP) is 5.51. The van der Waals surface area contributed by atoms with Crippen LogP contribution >= 0.6 is 23.4 Å². The number of hydrogen-bond acceptors (Lipinski definition) is 5. The fraction of sp³-hybridized carbons (Fsp3) is 0.238. The minimum Gasteiger partial charge on any atom is -0.493 e. The SMILES string of the molecule is CCCN1C(=O)S/C(=C/c2ccc(OC)c(OCc3c(F)cccc3Cl)c2)C1=O. The van der Waals surface area contributed by atoms with Gasteiger partial charge in [-0.3, -0.25) is 14.5 Å². The number of hydrogen-bond donors (Lipinski definition) is 0. The Labute approximate surface area is 177 Å². The molecule has 0 saturated carbocycles. The van der Waals surface area contributed by atoms with Gasteiger partial charge in [0, 0.05) is 12.1 Å². The molecule has 1 heterocycles. The molecule has 2 amide bonds. The molecule has 0 atom stereocenters. The normalized spacial score (nSPS) is 15.3. The summed E-state index contributed by atoms with van der Waals surface area (Å²) in [6.45, 7) is 2.21. The van der Waals surface area contributed by atoms with Gasteiger partial charge in [-0.15, -0.1) is 0 Å². The molecule has 0 spiro atoms. The third-order valence-corrected chi connectivity index (χ3v) is 5.50. The van der Waals surface area contributed by atoms with Crippen molar-refractivity contribution in [1.82, 2.24) is 4.90 Å². The fourth-order valence-corrected chi connectivity index (χ4v) is 3.87. The molecule has 5 nitrogen and oxygen atoms in total. The number of nitrogens with zero attached hydrogens (tertiary/aromatic N) is 1. The summed E-state index contributed by atoms with van der Waals surface area (Å²) >= 11 is 6.95. The lowest BCUT2D eigenvalue weighted by Gasteiger charge is -2.13. The third-order valence-electron chi connectivity index (χ3n) is 4.24. The van der Waals surface area contributed by atoms with Crippen molar-refractivity contribution >= 4 is 40.6 Å². The smallest absolute Gasteiger partial charge is 0.293 e. The van der Waals surface area contributed by atoms with E-state index < -0.39 is 5.82 Å². The minimum absolute atomic E-state index is 0.0850. The lowest BCUT2D eigenvalue weighted by Crippen LogP contribution is -2.28. The molecule has 2 aromatic rings. The lowest BCUT2D eigenvalue weighted by atomic mass is 10.1. The fourth-order valence-electron chi connectivity index (χ4n) is 2.78. The zero-order chi connectivity index (χ0) is 21.0. The van der Waals surface area contributed by atoms with Crippen LogP contribution in [0.25, 0.3) is 6.08 Å². The van der Waals surface area contributed by atoms with Crippen LogP contribution in [0, 0.1) is 5.82 Å². The number of methoxy groups -OCH3 is 1. The van der Waals surface area contributed by atoms with E-state index in [0.29, 0.717) is 34.9 Å². The van der Waals surface area contributed by atoms with Crippen LogP contribution in [-0.4, -0.2) is 29.7 Å². The van der Waals surface area contributed by atoms with Gasteiger partial charge >= 0.3 is 0 Å². The van der Waals surface area contributed by atoms with Gasteiger partial charge < -0.3 is 9.47 Å². The highest BCUT2D eigenvalue weighted by Crippen LogP contribution is 2.35. The van der Waals surface area contributed by atoms with Gasteiger partial charge in [0.15, 0.2) is 11.5 Å². The van der Waals surface area contributed by atoms with Gasteiger partial charge in [0.2, 0.25) is 0 Å². The number of imide groups is 1. The first kappa shape index (κ1) is 21.2. The van der Waals surface area contributed by atoms with Crippen LogP contribution < -0.4 is 9.47 Å². The molecule has 0 aliphatic carbocycles. The topological polar surface area (TPSA) is 55.8 Å². The molecular formula is C21H19ClFNO4S. The molecule has 2 aromatic carbocycles. The van der Waals surface area contributed by atoms with Crippen LogP contribution in [-0.2, 0) is 11.4 Å². The second kappa shape index (κ2) is 9.33. The van der Waals surface area contributed by atoms with E-state index in [1.807, 2.05) is 6.92 Å². The molecule has 0 unspecified atom stereocenters. The summed E-state index contributed by atoms with van der Waals surface area (Å²) in [4.78, 5) is 26.0. The van der Waals surface area contributed by atoms with Crippen LogP contribution in [0.1, 0.15) is 24.5 Å². The van der Waals surface area contributed by atoms with E-state index in [1.54, 1.807) is 30.3 Å². The number of carbonyl (C=O) groups excluding carboxylic acids is 2. The maximum absolute atomic E-state index is 14.0. The van der Waals surface area contributed by atoms with E-state index in [9.17, 15) is 14.0 Å². The molecular weight excluding hydrogens is 417 g/mol. The van der Waals surface area contributed by atoms with Gasteiger partial charge in [0.25, 0.3) is 11.1 Å². The third kappa shape index (κ3) is 4.74. The summed E-state index contributed by atoms with van der Waals surface area (Å²) in [5.41, 5.74) is 0.893. The van der Waals surface area contributed by atoms with Crippen LogP contribution in [0.3, 0.4) is 0 Å². The van der Waals surface area contributed by atoms with Crippen molar-refractivity contribution in [3.8, 4) is 11.5 Å². The molecule has 1 fully saturated rings. The molecule has 0 N–H and O–H groups in total. The number of halogens is 2. The van der Waals surface area contributed by atoms with Crippen molar-refractivity contribution in [2.24, 2.45) is 0 Å². The van der Waals surface area contributed by atoms with Gasteiger partial charge in [0.05, 0.1) is 17.0 Å². The number of amides is 2. The minimum atomic E-state index is -0.461. The number of ether oxygens (including phenoxy) is 2. The standard InChI is InChI=1S/C21H19ClFNO4S/c1-3-9-24-20(25)19(29-21(24)26)11-13-7-8-17(27-2)18(10-13)28-12-14-15(22)5-4-6-16(14)23/h4-8,10-11H,3,9,12H2,1-2H3/b19-11+. The second-order valence-electron chi connectivity index (χ2n) is 6.23. The first-order valence-corrected chi connectivity index (χ1v) is 10.1. The first-order chi connectivity index (χ1) is 13.9. The Hall–Kier alpha value is -2.51. The summed E-state index contributed by atoms with van der Waals surface area (Å²) in [5.74, 6) is 0.0533. The van der Waals surface area contributed by atoms with Gasteiger partial charge in [-0.25, -0.2) is 4.39 Å². The molecule has 0 bridgehead atoms. The number of thioether (sulfide) groups is 1. The number of rotatable bonds is 7. The van der Waals surface area contributed by atoms with Gasteiger partial charge in [-0.1, -0.05) is 30.7 Å². The second-order valence-corrected chi connectivity index (χ2v) is 7.63. The summed E-state index contributed by atoms with van der Waals surface area (Å²) in [7, 11) is 1.49. The largest absolute Gasteiger partial charge is 0.493 e. The highest BCUT2D eigenvalue weighted by molar-refractivity contribution is 8.18. The van der Waals surface area contributed by atoms with E-state index in [1.165, 1.54) is 24.1 Å². The van der Waals surface area contributed by atoms with Gasteiger partial charge in [0.1, 0.15) is 12.4 Å². The zero-order valence-electron chi connectivity index (χ0n) is 15.9. The van der Waals surface area contributed by atoms with Crippen LogP contribution in [0.5, 0.6) is 11.5 Å². The zero-order valence-corrected chi connectivity index (χ0v) is 17.5. The Bertz CT molecular complexity index is 959. The highest BCUT2D eigenvalue weighted by atomic mass is 35.5. The predicted molar refractivity (Wildman–Crippen MR) is 112 cm³/mol. The number of carbonyl (C=O) groups is 2. The summed E-state index contributed by atoms with van der Waals surface area (Å²) in [5, 5.41) is -0.00741. The summed E-state index contributed by atoms with van der Waals surface area (Å²) in [6.07, 6.45) is 2.33. The number of benzene rings is 2. The molecule has 0 aromatic heterocycles. The molecule has 1 aliphatic heterocycles. The maximum atomic E-state index is 14.0. The van der Waals surface area contributed by atoms with Crippen molar-refractivity contribution in [3.63, 3.8) is 0 Å². The van der Waals surface area contributed by atoms with E-state index >= 15 is 0 Å². The molecule has 1 aliphatic rings. The molecule has 3 rings (SSSR count). The Kier molecular flexibility index (Phi) is 6.82. The van der Waals surface area contributed by atoms with E-state index in [4.69, 9.17) is 21.1 Å². The van der Waals surface area contributed by atoms with Crippen molar-refractivity contribution < 1.29 is 23.5 Å². The Morgan fingerprint density at radius 1 is 1.21 bits per heavy atom. The van der Waals surface area contributed by atoms with Crippen LogP contribution in [0.2, 0.25) is 5.02 Å². The molecule has 152 valence electrons. The Morgan fingerprint density at radius 2 is 2.00 bits per heavy atom. The summed E-state index contributed by atoms with van der Waals surface area (Å²) < 4.78 is 25.0. The maximum Gasteiger partial charge on any atom is 0.293 e. The van der Waals surface area contributed by atoms with Crippen LogP contribution in [0.15, 0.2) is 41.3 Å². The quantitative estimate of drug-likeness (QED) is 0.536. The average molecular weight is 436 g/mol.